The molecule has 1 heterocycles. The molecule has 0 unspecified atom stereocenters. The van der Waals surface area contributed by atoms with Crippen molar-refractivity contribution >= 4 is 11.7 Å². The lowest BCUT2D eigenvalue weighted by molar-refractivity contribution is -0.132. The fraction of sp³-hybridized carbons (Fsp3) is 0.286. The van der Waals surface area contributed by atoms with Crippen LogP contribution >= 0.6 is 0 Å². The number of nitrogen functional groups attached to an aromatic ring is 1. The number of rotatable bonds is 3. The number of hydrogen-bond donors (Lipinski definition) is 2. The second-order valence-electron chi connectivity index (χ2n) is 2.34. The number of hydrogen-bond acceptors (Lipinski definition) is 5. The van der Waals surface area contributed by atoms with Gasteiger partial charge in [0.15, 0.2) is 5.82 Å². The number of nitrogens with two attached hydrogens (primary N) is 1. The number of amides is 1. The van der Waals surface area contributed by atoms with Gasteiger partial charge < -0.3 is 5.73 Å². The van der Waals surface area contributed by atoms with Crippen molar-refractivity contribution in [3.05, 3.63) is 18.1 Å². The Kier molecular flexibility index (Phi) is 3.15. The molecule has 0 spiro atoms. The highest BCUT2D eigenvalue weighted by Gasteiger charge is 1.97. The number of nitrogens with one attached hydrogen (secondary N) is 1. The van der Waals surface area contributed by atoms with E-state index in [2.05, 4.69) is 15.4 Å². The van der Waals surface area contributed by atoms with Crippen molar-refractivity contribution in [1.82, 2.24) is 15.4 Å². The fourth-order valence-electron chi connectivity index (χ4n) is 0.687. The molecule has 0 bridgehead atoms. The predicted octanol–water partition coefficient (Wildman–Crippen LogP) is -0.374. The first-order chi connectivity index (χ1) is 6.18. The van der Waals surface area contributed by atoms with Crippen LogP contribution in [0.15, 0.2) is 12.3 Å². The van der Waals surface area contributed by atoms with E-state index in [1.807, 2.05) is 0 Å². The van der Waals surface area contributed by atoms with Gasteiger partial charge in [0.05, 0.1) is 0 Å². The molecular formula is C7H10N4O2. The van der Waals surface area contributed by atoms with Crippen LogP contribution in [0.3, 0.4) is 0 Å². The highest BCUT2D eigenvalue weighted by atomic mass is 16.6. The standard InChI is InChI=1S/C7H10N4O2/c1-5(12)11-13-4-7-9-3-2-6(8)10-7/h2-3H,4H2,1H3,(H,11,12)(H2,8,9,10). The van der Waals surface area contributed by atoms with Crippen molar-refractivity contribution in [3.8, 4) is 0 Å². The van der Waals surface area contributed by atoms with Crippen molar-refractivity contribution in [2.45, 2.75) is 13.5 Å². The summed E-state index contributed by atoms with van der Waals surface area (Å²) in [7, 11) is 0. The van der Waals surface area contributed by atoms with Gasteiger partial charge in [-0.3, -0.25) is 9.63 Å². The molecule has 0 aromatic carbocycles. The summed E-state index contributed by atoms with van der Waals surface area (Å²) < 4.78 is 0. The zero-order valence-corrected chi connectivity index (χ0v) is 7.15. The molecule has 0 saturated carbocycles. The number of carbonyl (C=O) groups excluding carboxylic acids is 1. The van der Waals surface area contributed by atoms with Crippen molar-refractivity contribution in [1.29, 1.82) is 0 Å². The normalized spacial score (nSPS) is 9.62. The molecule has 3 N–H and O–H groups in total. The lowest BCUT2D eigenvalue weighted by Gasteiger charge is -2.01. The van der Waals surface area contributed by atoms with Crippen molar-refractivity contribution in [3.63, 3.8) is 0 Å². The summed E-state index contributed by atoms with van der Waals surface area (Å²) in [6.07, 6.45) is 1.52. The molecule has 0 fully saturated rings. The molecular weight excluding hydrogens is 172 g/mol. The van der Waals surface area contributed by atoms with Crippen LogP contribution in [0.4, 0.5) is 5.82 Å². The Morgan fingerprint density at radius 3 is 3.15 bits per heavy atom. The molecule has 0 aliphatic rings. The first kappa shape index (κ1) is 9.40. The SMILES string of the molecule is CC(=O)NOCc1nccc(N)n1. The van der Waals surface area contributed by atoms with Gasteiger partial charge in [-0.2, -0.15) is 0 Å². The molecule has 0 atom stereocenters. The topological polar surface area (TPSA) is 90.1 Å². The van der Waals surface area contributed by atoms with Crippen LogP contribution in [0.1, 0.15) is 12.7 Å². The Bertz CT molecular complexity index is 302. The van der Waals surface area contributed by atoms with Crippen LogP contribution in [0, 0.1) is 0 Å². The summed E-state index contributed by atoms with van der Waals surface area (Å²) in [6.45, 7) is 1.45. The van der Waals surface area contributed by atoms with E-state index in [9.17, 15) is 4.79 Å². The van der Waals surface area contributed by atoms with Crippen LogP contribution < -0.4 is 11.2 Å². The molecule has 0 aliphatic heterocycles. The summed E-state index contributed by atoms with van der Waals surface area (Å²) in [4.78, 5) is 22.9. The summed E-state index contributed by atoms with van der Waals surface area (Å²) in [5.41, 5.74) is 7.55. The molecule has 1 aromatic rings. The molecule has 0 aliphatic carbocycles. The van der Waals surface area contributed by atoms with Crippen molar-refractivity contribution < 1.29 is 9.63 Å². The molecule has 6 heteroatoms. The van der Waals surface area contributed by atoms with Crippen LogP contribution in [0.2, 0.25) is 0 Å². The Morgan fingerprint density at radius 2 is 2.54 bits per heavy atom. The number of anilines is 1. The van der Waals surface area contributed by atoms with Gasteiger partial charge in [-0.15, -0.1) is 0 Å². The quantitative estimate of drug-likeness (QED) is 0.622. The van der Waals surface area contributed by atoms with Crippen LogP contribution in [-0.2, 0) is 16.2 Å². The van der Waals surface area contributed by atoms with E-state index in [4.69, 9.17) is 10.6 Å². The molecule has 13 heavy (non-hydrogen) atoms. The second kappa shape index (κ2) is 4.36. The maximum atomic E-state index is 10.4. The fourth-order valence-corrected chi connectivity index (χ4v) is 0.687. The first-order valence-electron chi connectivity index (χ1n) is 3.64. The maximum absolute atomic E-state index is 10.4. The minimum Gasteiger partial charge on any atom is -0.384 e. The van der Waals surface area contributed by atoms with Gasteiger partial charge in [0, 0.05) is 13.1 Å². The molecule has 1 amide bonds. The molecule has 0 saturated heterocycles. The number of hydroxylamine groups is 1. The minimum absolute atomic E-state index is 0.102. The molecule has 70 valence electrons. The Balaban J connectivity index is 2.41. The molecule has 6 nitrogen and oxygen atoms in total. The second-order valence-corrected chi connectivity index (χ2v) is 2.34. The third-order valence-electron chi connectivity index (χ3n) is 1.14. The predicted molar refractivity (Wildman–Crippen MR) is 45.1 cm³/mol. The summed E-state index contributed by atoms with van der Waals surface area (Å²) in [6, 6.07) is 1.57. The summed E-state index contributed by atoms with van der Waals surface area (Å²) in [5.74, 6) is 0.522. The highest BCUT2D eigenvalue weighted by molar-refractivity contribution is 5.71. The van der Waals surface area contributed by atoms with E-state index in [1.54, 1.807) is 6.07 Å². The van der Waals surface area contributed by atoms with Gasteiger partial charge in [0.2, 0.25) is 5.91 Å². The van der Waals surface area contributed by atoms with Crippen LogP contribution in [-0.4, -0.2) is 15.9 Å². The highest BCUT2D eigenvalue weighted by Crippen LogP contribution is 1.96. The molecule has 1 aromatic heterocycles. The van der Waals surface area contributed by atoms with Gasteiger partial charge >= 0.3 is 0 Å². The average Bonchev–Trinajstić information content (AvgIpc) is 2.03. The summed E-state index contributed by atoms with van der Waals surface area (Å²) >= 11 is 0. The van der Waals surface area contributed by atoms with Crippen LogP contribution in [0.25, 0.3) is 0 Å². The minimum atomic E-state index is -0.274. The Labute approximate surface area is 75.1 Å². The monoisotopic (exact) mass is 182 g/mol. The van der Waals surface area contributed by atoms with E-state index in [1.165, 1.54) is 13.1 Å². The summed E-state index contributed by atoms with van der Waals surface area (Å²) in [5, 5.41) is 0. The van der Waals surface area contributed by atoms with E-state index in [0.717, 1.165) is 0 Å². The van der Waals surface area contributed by atoms with Crippen molar-refractivity contribution in [2.24, 2.45) is 0 Å². The molecule has 0 radical (unpaired) electrons. The number of aromatic nitrogens is 2. The van der Waals surface area contributed by atoms with E-state index in [-0.39, 0.29) is 12.5 Å². The number of nitrogens with zero attached hydrogens (tertiary/aromatic N) is 2. The van der Waals surface area contributed by atoms with Crippen LogP contribution in [0.5, 0.6) is 0 Å². The zero-order chi connectivity index (χ0) is 9.68. The number of carbonyl (C=O) groups is 1. The van der Waals surface area contributed by atoms with Gasteiger partial charge in [-0.1, -0.05) is 0 Å². The lowest BCUT2D eigenvalue weighted by Crippen LogP contribution is -2.20. The first-order valence-corrected chi connectivity index (χ1v) is 3.64. The smallest absolute Gasteiger partial charge is 0.240 e. The largest absolute Gasteiger partial charge is 0.384 e. The van der Waals surface area contributed by atoms with E-state index < -0.39 is 0 Å². The third-order valence-corrected chi connectivity index (χ3v) is 1.14. The molecule has 1 rings (SSSR count). The maximum Gasteiger partial charge on any atom is 0.240 e. The van der Waals surface area contributed by atoms with E-state index >= 15 is 0 Å². The van der Waals surface area contributed by atoms with Gasteiger partial charge in [0.25, 0.3) is 0 Å². The third kappa shape index (κ3) is 3.48. The Morgan fingerprint density at radius 1 is 1.77 bits per heavy atom. The van der Waals surface area contributed by atoms with Gasteiger partial charge in [0.1, 0.15) is 12.4 Å². The Hall–Kier alpha value is -1.69. The van der Waals surface area contributed by atoms with E-state index in [0.29, 0.717) is 11.6 Å². The lowest BCUT2D eigenvalue weighted by atomic mass is 10.5. The van der Waals surface area contributed by atoms with Gasteiger partial charge in [-0.05, 0) is 6.07 Å². The van der Waals surface area contributed by atoms with Crippen molar-refractivity contribution in [2.75, 3.05) is 5.73 Å². The average molecular weight is 182 g/mol. The van der Waals surface area contributed by atoms with Gasteiger partial charge in [-0.25, -0.2) is 15.4 Å². The zero-order valence-electron chi connectivity index (χ0n) is 7.15.